The molecule has 1 N–H and O–H groups in total. The quantitative estimate of drug-likeness (QED) is 0.840. The summed E-state index contributed by atoms with van der Waals surface area (Å²) in [6, 6.07) is 0. The van der Waals surface area contributed by atoms with Gasteiger partial charge in [-0.25, -0.2) is 9.78 Å². The third kappa shape index (κ3) is 3.20. The van der Waals surface area contributed by atoms with E-state index in [1.54, 1.807) is 11.5 Å². The average molecular weight is 255 g/mol. The van der Waals surface area contributed by atoms with E-state index in [2.05, 4.69) is 4.98 Å². The zero-order chi connectivity index (χ0) is 13.0. The van der Waals surface area contributed by atoms with E-state index in [-0.39, 0.29) is 5.57 Å². The maximum atomic E-state index is 10.8. The van der Waals surface area contributed by atoms with Crippen LogP contribution in [0.4, 0.5) is 0 Å². The number of hydrogen-bond donors (Lipinski definition) is 1. The number of aryl methyl sites for hydroxylation is 1. The minimum absolute atomic E-state index is 0.204. The van der Waals surface area contributed by atoms with Gasteiger partial charge in [-0.1, -0.05) is 24.6 Å². The van der Waals surface area contributed by atoms with Crippen molar-refractivity contribution in [1.82, 2.24) is 9.55 Å². The fraction of sp³-hybridized carbons (Fsp3) is 0.333. The van der Waals surface area contributed by atoms with Crippen molar-refractivity contribution < 1.29 is 9.90 Å². The Hall–Kier alpha value is -1.55. The summed E-state index contributed by atoms with van der Waals surface area (Å²) in [5.74, 6) is -0.340. The van der Waals surface area contributed by atoms with Gasteiger partial charge in [-0.15, -0.1) is 0 Å². The third-order valence-electron chi connectivity index (χ3n) is 2.20. The lowest BCUT2D eigenvalue weighted by Crippen LogP contribution is -2.00. The summed E-state index contributed by atoms with van der Waals surface area (Å²) in [6.45, 7) is 5.31. The zero-order valence-corrected chi connectivity index (χ0v) is 10.8. The van der Waals surface area contributed by atoms with Crippen LogP contribution in [0.1, 0.15) is 31.8 Å². The van der Waals surface area contributed by atoms with Gasteiger partial charge in [0.2, 0.25) is 0 Å². The highest BCUT2D eigenvalue weighted by Gasteiger charge is 2.10. The molecule has 0 spiro atoms. The predicted octanol–water partition coefficient (Wildman–Crippen LogP) is 3.21. The summed E-state index contributed by atoms with van der Waals surface area (Å²) in [7, 11) is 0. The molecule has 0 aliphatic carbocycles. The van der Waals surface area contributed by atoms with E-state index in [0.29, 0.717) is 16.7 Å². The number of carbonyl (C=O) groups is 1. The fourth-order valence-electron chi connectivity index (χ4n) is 1.26. The van der Waals surface area contributed by atoms with Gasteiger partial charge in [0.1, 0.15) is 11.0 Å². The van der Waals surface area contributed by atoms with Crippen molar-refractivity contribution in [3.05, 3.63) is 28.3 Å². The van der Waals surface area contributed by atoms with E-state index in [0.717, 1.165) is 6.42 Å². The lowest BCUT2D eigenvalue weighted by atomic mass is 10.3. The average Bonchev–Trinajstić information content (AvgIpc) is 2.54. The molecular weight excluding hydrogens is 240 g/mol. The van der Waals surface area contributed by atoms with Crippen molar-refractivity contribution in [2.24, 2.45) is 0 Å². The van der Waals surface area contributed by atoms with Crippen LogP contribution in [0, 0.1) is 6.92 Å². The molecular formula is C12H15ClN2O2. The topological polar surface area (TPSA) is 55.1 Å². The SMILES string of the molecule is CC/C=C/c1nc(C)c(Cl)n1/C=C(\C)C(=O)O. The molecule has 0 fully saturated rings. The highest BCUT2D eigenvalue weighted by Crippen LogP contribution is 2.20. The molecule has 1 aromatic heterocycles. The number of rotatable bonds is 4. The van der Waals surface area contributed by atoms with Crippen LogP contribution in [0.3, 0.4) is 0 Å². The van der Waals surface area contributed by atoms with E-state index in [4.69, 9.17) is 16.7 Å². The number of nitrogens with zero attached hydrogens (tertiary/aromatic N) is 2. The van der Waals surface area contributed by atoms with Gasteiger partial charge in [-0.2, -0.15) is 0 Å². The van der Waals surface area contributed by atoms with Gasteiger partial charge in [-0.05, 0) is 26.3 Å². The van der Waals surface area contributed by atoms with Gasteiger partial charge >= 0.3 is 5.97 Å². The van der Waals surface area contributed by atoms with Crippen molar-refractivity contribution in [3.8, 4) is 0 Å². The molecule has 0 aliphatic heterocycles. The third-order valence-corrected chi connectivity index (χ3v) is 2.66. The second-order valence-electron chi connectivity index (χ2n) is 3.64. The molecule has 17 heavy (non-hydrogen) atoms. The first-order valence-corrected chi connectivity index (χ1v) is 5.67. The molecule has 0 aliphatic rings. The molecule has 0 saturated carbocycles. The first kappa shape index (κ1) is 13.5. The van der Waals surface area contributed by atoms with E-state index in [1.165, 1.54) is 13.1 Å². The number of carboxylic acids is 1. The molecule has 0 amide bonds. The molecule has 0 aromatic carbocycles. The number of carboxylic acid groups (broad SMARTS) is 1. The zero-order valence-electron chi connectivity index (χ0n) is 10.1. The molecule has 1 rings (SSSR count). The first-order chi connectivity index (χ1) is 7.97. The maximum Gasteiger partial charge on any atom is 0.332 e. The number of allylic oxidation sites excluding steroid dienone is 1. The van der Waals surface area contributed by atoms with Crippen LogP contribution in [0.15, 0.2) is 11.6 Å². The monoisotopic (exact) mass is 254 g/mol. The maximum absolute atomic E-state index is 10.8. The van der Waals surface area contributed by atoms with Crippen molar-refractivity contribution in [2.75, 3.05) is 0 Å². The summed E-state index contributed by atoms with van der Waals surface area (Å²) in [4.78, 5) is 15.1. The Bertz CT molecular complexity index is 487. The predicted molar refractivity (Wildman–Crippen MR) is 68.9 cm³/mol. The van der Waals surface area contributed by atoms with Gasteiger partial charge < -0.3 is 5.11 Å². The van der Waals surface area contributed by atoms with Crippen LogP contribution < -0.4 is 0 Å². The number of halogens is 1. The number of aliphatic carboxylic acids is 1. The highest BCUT2D eigenvalue weighted by molar-refractivity contribution is 6.30. The Morgan fingerprint density at radius 1 is 1.59 bits per heavy atom. The largest absolute Gasteiger partial charge is 0.478 e. The summed E-state index contributed by atoms with van der Waals surface area (Å²) >= 11 is 6.07. The molecule has 0 atom stereocenters. The van der Waals surface area contributed by atoms with E-state index in [9.17, 15) is 4.79 Å². The minimum Gasteiger partial charge on any atom is -0.478 e. The van der Waals surface area contributed by atoms with Crippen LogP contribution in [-0.2, 0) is 4.79 Å². The molecule has 92 valence electrons. The number of imidazole rings is 1. The van der Waals surface area contributed by atoms with Crippen LogP contribution in [0.5, 0.6) is 0 Å². The minimum atomic E-state index is -0.974. The Labute approximate surface area is 105 Å². The molecule has 1 aromatic rings. The number of aromatic nitrogens is 2. The summed E-state index contributed by atoms with van der Waals surface area (Å²) in [6.07, 6.45) is 6.12. The van der Waals surface area contributed by atoms with Crippen molar-refractivity contribution >= 4 is 29.8 Å². The second-order valence-corrected chi connectivity index (χ2v) is 4.00. The summed E-state index contributed by atoms with van der Waals surface area (Å²) in [5, 5.41) is 9.28. The fourth-order valence-corrected chi connectivity index (χ4v) is 1.44. The Kier molecular flexibility index (Phi) is 4.52. The van der Waals surface area contributed by atoms with E-state index < -0.39 is 5.97 Å². The Morgan fingerprint density at radius 2 is 2.24 bits per heavy atom. The Morgan fingerprint density at radius 3 is 2.76 bits per heavy atom. The van der Waals surface area contributed by atoms with Crippen molar-refractivity contribution in [2.45, 2.75) is 27.2 Å². The normalized spacial score (nSPS) is 12.4. The molecule has 0 saturated heterocycles. The van der Waals surface area contributed by atoms with Crippen LogP contribution in [-0.4, -0.2) is 20.6 Å². The molecule has 0 unspecified atom stereocenters. The van der Waals surface area contributed by atoms with Gasteiger partial charge in [0.05, 0.1) is 11.3 Å². The molecule has 0 radical (unpaired) electrons. The van der Waals surface area contributed by atoms with Crippen molar-refractivity contribution in [3.63, 3.8) is 0 Å². The molecule has 0 bridgehead atoms. The smallest absolute Gasteiger partial charge is 0.332 e. The van der Waals surface area contributed by atoms with Gasteiger partial charge in [0.15, 0.2) is 0 Å². The van der Waals surface area contributed by atoms with E-state index >= 15 is 0 Å². The van der Waals surface area contributed by atoms with Crippen LogP contribution >= 0.6 is 11.6 Å². The first-order valence-electron chi connectivity index (χ1n) is 5.30. The molecule has 5 heteroatoms. The Balaban J connectivity index is 3.26. The lowest BCUT2D eigenvalue weighted by molar-refractivity contribution is -0.132. The summed E-state index contributed by atoms with van der Waals surface area (Å²) < 4.78 is 1.58. The molecule has 4 nitrogen and oxygen atoms in total. The van der Waals surface area contributed by atoms with Crippen molar-refractivity contribution in [1.29, 1.82) is 0 Å². The van der Waals surface area contributed by atoms with Gasteiger partial charge in [0.25, 0.3) is 0 Å². The van der Waals surface area contributed by atoms with Crippen LogP contribution in [0.2, 0.25) is 5.15 Å². The highest BCUT2D eigenvalue weighted by atomic mass is 35.5. The van der Waals surface area contributed by atoms with Crippen LogP contribution in [0.25, 0.3) is 12.3 Å². The number of hydrogen-bond acceptors (Lipinski definition) is 2. The molecule has 1 heterocycles. The standard InChI is InChI=1S/C12H15ClN2O2/c1-4-5-6-10-14-9(3)11(13)15(10)7-8(2)12(16)17/h5-7H,4H2,1-3H3,(H,16,17)/b6-5+,8-7+. The summed E-state index contributed by atoms with van der Waals surface area (Å²) in [5.41, 5.74) is 0.882. The second kappa shape index (κ2) is 5.68. The van der Waals surface area contributed by atoms with Gasteiger partial charge in [-0.3, -0.25) is 4.57 Å². The van der Waals surface area contributed by atoms with E-state index in [1.807, 2.05) is 19.1 Å². The lowest BCUT2D eigenvalue weighted by Gasteiger charge is -2.01. The van der Waals surface area contributed by atoms with Gasteiger partial charge in [0, 0.05) is 6.20 Å².